The number of nitrogen functional groups attached to an aromatic ring is 1. The number of nitriles is 1. The van der Waals surface area contributed by atoms with Crippen LogP contribution in [0.15, 0.2) is 16.6 Å². The van der Waals surface area contributed by atoms with Crippen LogP contribution >= 0.6 is 15.9 Å². The third kappa shape index (κ3) is 4.06. The van der Waals surface area contributed by atoms with Crippen molar-refractivity contribution in [3.63, 3.8) is 0 Å². The molecule has 1 aromatic heterocycles. The Balaban J connectivity index is 2.37. The molecule has 0 aliphatic rings. The number of aromatic nitrogens is 2. The number of benzene rings is 1. The number of halogens is 1. The van der Waals surface area contributed by atoms with Crippen LogP contribution in [0.5, 0.6) is 11.6 Å². The van der Waals surface area contributed by atoms with E-state index in [1.807, 2.05) is 0 Å². The third-order valence-corrected chi connectivity index (χ3v) is 4.38. The van der Waals surface area contributed by atoms with Crippen molar-refractivity contribution in [1.29, 1.82) is 5.26 Å². The molecule has 2 rings (SSSR count). The molecule has 0 atom stereocenters. The minimum absolute atomic E-state index is 0.0246. The van der Waals surface area contributed by atoms with Gasteiger partial charge in [-0.3, -0.25) is 0 Å². The first-order valence-corrected chi connectivity index (χ1v) is 8.56. The van der Waals surface area contributed by atoms with Crippen LogP contribution in [0.3, 0.4) is 0 Å². The fraction of sp³-hybridized carbons (Fsp3) is 0.412. The first-order chi connectivity index (χ1) is 11.5. The predicted octanol–water partition coefficient (Wildman–Crippen LogP) is 3.46. The lowest BCUT2D eigenvalue weighted by Gasteiger charge is -2.29. The summed E-state index contributed by atoms with van der Waals surface area (Å²) in [6, 6.07) is 5.68. The molecule has 1 aromatic carbocycles. The molecule has 4 N–H and O–H groups in total. The average Bonchev–Trinajstić information content (AvgIpc) is 2.75. The van der Waals surface area contributed by atoms with Gasteiger partial charge in [0.2, 0.25) is 5.88 Å². The minimum Gasteiger partial charge on any atom is -0.437 e. The molecule has 0 amide bonds. The Morgan fingerprint density at radius 1 is 1.40 bits per heavy atom. The molecule has 0 fully saturated rings. The molecular formula is C17H23BrN6O. The van der Waals surface area contributed by atoms with E-state index >= 15 is 0 Å². The van der Waals surface area contributed by atoms with Gasteiger partial charge in [0.1, 0.15) is 17.4 Å². The molecule has 1 heterocycles. The van der Waals surface area contributed by atoms with Crippen LogP contribution in [0.2, 0.25) is 0 Å². The molecule has 0 saturated carbocycles. The van der Waals surface area contributed by atoms with Gasteiger partial charge >= 0.3 is 0 Å². The van der Waals surface area contributed by atoms with Crippen molar-refractivity contribution in [2.45, 2.75) is 27.7 Å². The van der Waals surface area contributed by atoms with Crippen LogP contribution in [0.25, 0.3) is 0 Å². The number of rotatable bonds is 4. The number of hydrogen-bond acceptors (Lipinski definition) is 6. The molecule has 25 heavy (non-hydrogen) atoms. The summed E-state index contributed by atoms with van der Waals surface area (Å²) in [7, 11) is 1.72. The van der Waals surface area contributed by atoms with Gasteiger partial charge in [-0.15, -0.1) is 0 Å². The SMILES string of the molecule is Cc1nn(C)c(Oc2ccc(N(N)CC(C)(C)C)c(N)c2Br)c1C#N. The Morgan fingerprint density at radius 2 is 2.04 bits per heavy atom. The zero-order valence-corrected chi connectivity index (χ0v) is 16.7. The summed E-state index contributed by atoms with van der Waals surface area (Å²) in [5.74, 6) is 7.02. The van der Waals surface area contributed by atoms with Crippen LogP contribution in [0.4, 0.5) is 11.4 Å². The van der Waals surface area contributed by atoms with E-state index < -0.39 is 0 Å². The number of hydrazine groups is 1. The molecule has 0 radical (unpaired) electrons. The molecule has 8 heteroatoms. The van der Waals surface area contributed by atoms with E-state index in [1.165, 1.54) is 4.68 Å². The fourth-order valence-corrected chi connectivity index (χ4v) is 2.89. The van der Waals surface area contributed by atoms with Crippen LogP contribution in [-0.4, -0.2) is 16.3 Å². The monoisotopic (exact) mass is 406 g/mol. The normalized spacial score (nSPS) is 11.3. The number of hydrogen-bond donors (Lipinski definition) is 2. The minimum atomic E-state index is 0.0246. The van der Waals surface area contributed by atoms with Crippen molar-refractivity contribution in [3.8, 4) is 17.7 Å². The highest BCUT2D eigenvalue weighted by molar-refractivity contribution is 9.10. The van der Waals surface area contributed by atoms with E-state index in [-0.39, 0.29) is 5.41 Å². The molecule has 7 nitrogen and oxygen atoms in total. The lowest BCUT2D eigenvalue weighted by molar-refractivity contribution is 0.412. The quantitative estimate of drug-likeness (QED) is 0.457. The highest BCUT2D eigenvalue weighted by Gasteiger charge is 2.21. The standard InChI is InChI=1S/C17H23BrN6O/c1-10-11(8-19)16(23(5)22-10)25-13-7-6-12(15(20)14(13)18)24(21)9-17(2,3)4/h6-7H,9,20-21H2,1-5H3. The summed E-state index contributed by atoms with van der Waals surface area (Å²) in [6.07, 6.45) is 0. The lowest BCUT2D eigenvalue weighted by atomic mass is 9.96. The smallest absolute Gasteiger partial charge is 0.235 e. The van der Waals surface area contributed by atoms with Gasteiger partial charge in [0.15, 0.2) is 0 Å². The van der Waals surface area contributed by atoms with Crippen molar-refractivity contribution in [1.82, 2.24) is 9.78 Å². The van der Waals surface area contributed by atoms with Gasteiger partial charge in [0.25, 0.3) is 0 Å². The van der Waals surface area contributed by atoms with Crippen LogP contribution in [0, 0.1) is 23.7 Å². The Kier molecular flexibility index (Phi) is 5.30. The lowest BCUT2D eigenvalue weighted by Crippen LogP contribution is -2.38. The highest BCUT2D eigenvalue weighted by Crippen LogP contribution is 2.40. The second kappa shape index (κ2) is 6.94. The molecule has 0 aliphatic carbocycles. The van der Waals surface area contributed by atoms with E-state index in [4.69, 9.17) is 16.3 Å². The maximum absolute atomic E-state index is 9.30. The summed E-state index contributed by atoms with van der Waals surface area (Å²) in [5.41, 5.74) is 8.44. The molecule has 0 aliphatic heterocycles. The van der Waals surface area contributed by atoms with Gasteiger partial charge in [0, 0.05) is 13.6 Å². The summed E-state index contributed by atoms with van der Waals surface area (Å²) in [6.45, 7) is 8.71. The Bertz CT molecular complexity index is 831. The van der Waals surface area contributed by atoms with Crippen LogP contribution in [0.1, 0.15) is 32.0 Å². The van der Waals surface area contributed by atoms with E-state index in [0.717, 1.165) is 0 Å². The first-order valence-electron chi connectivity index (χ1n) is 7.77. The van der Waals surface area contributed by atoms with Gasteiger partial charge < -0.3 is 15.5 Å². The average molecular weight is 407 g/mol. The number of anilines is 2. The van der Waals surface area contributed by atoms with E-state index in [2.05, 4.69) is 47.9 Å². The number of nitrogens with two attached hydrogens (primary N) is 2. The molecule has 0 bridgehead atoms. The zero-order valence-electron chi connectivity index (χ0n) is 15.1. The second-order valence-corrected chi connectivity index (χ2v) is 7.90. The molecule has 0 spiro atoms. The maximum atomic E-state index is 9.30. The summed E-state index contributed by atoms with van der Waals surface area (Å²) in [5, 5.41) is 15.1. The van der Waals surface area contributed by atoms with E-state index in [9.17, 15) is 5.26 Å². The van der Waals surface area contributed by atoms with Crippen molar-refractivity contribution >= 4 is 27.3 Å². The number of ether oxygens (including phenoxy) is 1. The van der Waals surface area contributed by atoms with E-state index in [0.29, 0.717) is 45.3 Å². The van der Waals surface area contributed by atoms with Crippen molar-refractivity contribution < 1.29 is 4.74 Å². The van der Waals surface area contributed by atoms with E-state index in [1.54, 1.807) is 31.1 Å². The third-order valence-electron chi connectivity index (χ3n) is 3.56. The topological polar surface area (TPSA) is 106 Å². The molecule has 2 aromatic rings. The summed E-state index contributed by atoms with van der Waals surface area (Å²) >= 11 is 3.47. The number of aryl methyl sites for hydroxylation is 2. The Morgan fingerprint density at radius 3 is 2.60 bits per heavy atom. The molecule has 0 saturated heterocycles. The van der Waals surface area contributed by atoms with Gasteiger partial charge in [-0.25, -0.2) is 10.5 Å². The summed E-state index contributed by atoms with van der Waals surface area (Å²) < 4.78 is 8.00. The molecular weight excluding hydrogens is 384 g/mol. The highest BCUT2D eigenvalue weighted by atomic mass is 79.9. The second-order valence-electron chi connectivity index (χ2n) is 7.10. The largest absolute Gasteiger partial charge is 0.437 e. The van der Waals surface area contributed by atoms with Crippen molar-refractivity contribution in [3.05, 3.63) is 27.9 Å². The predicted molar refractivity (Wildman–Crippen MR) is 102 cm³/mol. The van der Waals surface area contributed by atoms with Gasteiger partial charge in [0.05, 0.1) is 21.5 Å². The molecule has 0 unspecified atom stereocenters. The van der Waals surface area contributed by atoms with Crippen molar-refractivity contribution in [2.24, 2.45) is 18.3 Å². The maximum Gasteiger partial charge on any atom is 0.235 e. The zero-order chi connectivity index (χ0) is 18.9. The first kappa shape index (κ1) is 19.1. The van der Waals surface area contributed by atoms with Crippen LogP contribution in [-0.2, 0) is 7.05 Å². The fourth-order valence-electron chi connectivity index (χ4n) is 2.48. The Hall–Kier alpha value is -2.24. The van der Waals surface area contributed by atoms with Crippen molar-refractivity contribution in [2.75, 3.05) is 17.3 Å². The van der Waals surface area contributed by atoms with Gasteiger partial charge in [-0.05, 0) is 40.4 Å². The number of nitrogens with zero attached hydrogens (tertiary/aromatic N) is 4. The summed E-state index contributed by atoms with van der Waals surface area (Å²) in [4.78, 5) is 0. The molecule has 134 valence electrons. The Labute approximate surface area is 156 Å². The van der Waals surface area contributed by atoms with Gasteiger partial charge in [-0.1, -0.05) is 20.8 Å². The van der Waals surface area contributed by atoms with Gasteiger partial charge in [-0.2, -0.15) is 10.4 Å². The van der Waals surface area contributed by atoms with Crippen LogP contribution < -0.4 is 21.3 Å².